The van der Waals surface area contributed by atoms with Gasteiger partial charge in [-0.25, -0.2) is 8.78 Å². The maximum atomic E-state index is 14.1. The molecule has 0 saturated heterocycles. The van der Waals surface area contributed by atoms with Crippen LogP contribution >= 0.6 is 27.7 Å². The Labute approximate surface area is 123 Å². The molecule has 19 heavy (non-hydrogen) atoms. The van der Waals surface area contributed by atoms with Crippen molar-refractivity contribution < 1.29 is 8.78 Å². The standard InChI is InChI=1S/C14H12BrF2NS/c1-19-11-5-3-2-4-8(11)14(18)12-10(16)7-6-9(15)13(12)17/h2-7,14H,18H2,1H3. The van der Waals surface area contributed by atoms with Crippen molar-refractivity contribution in [2.75, 3.05) is 6.26 Å². The SMILES string of the molecule is CSc1ccccc1C(N)c1c(F)ccc(Br)c1F. The molecule has 0 bridgehead atoms. The van der Waals surface area contributed by atoms with E-state index in [-0.39, 0.29) is 10.0 Å². The Morgan fingerprint density at radius 2 is 1.84 bits per heavy atom. The summed E-state index contributed by atoms with van der Waals surface area (Å²) >= 11 is 4.55. The number of halogens is 3. The molecule has 0 aliphatic heterocycles. The topological polar surface area (TPSA) is 26.0 Å². The Hall–Kier alpha value is -0.910. The molecule has 0 fully saturated rings. The second kappa shape index (κ2) is 6.03. The Bertz CT molecular complexity index is 604. The van der Waals surface area contributed by atoms with Gasteiger partial charge in [0.2, 0.25) is 0 Å². The molecule has 0 heterocycles. The Morgan fingerprint density at radius 3 is 2.53 bits per heavy atom. The molecule has 5 heteroatoms. The summed E-state index contributed by atoms with van der Waals surface area (Å²) in [6, 6.07) is 9.06. The molecule has 0 aliphatic carbocycles. The van der Waals surface area contributed by atoms with Crippen LogP contribution < -0.4 is 5.73 Å². The zero-order valence-electron chi connectivity index (χ0n) is 10.2. The lowest BCUT2D eigenvalue weighted by Gasteiger charge is -2.17. The smallest absolute Gasteiger partial charge is 0.145 e. The predicted octanol–water partition coefficient (Wildman–Crippen LogP) is 4.50. The summed E-state index contributed by atoms with van der Waals surface area (Å²) in [5.41, 5.74) is 6.65. The average molecular weight is 344 g/mol. The fourth-order valence-electron chi connectivity index (χ4n) is 1.91. The predicted molar refractivity (Wildman–Crippen MR) is 78.3 cm³/mol. The summed E-state index contributed by atoms with van der Waals surface area (Å²) in [4.78, 5) is 0.911. The second-order valence-electron chi connectivity index (χ2n) is 3.98. The molecule has 2 rings (SSSR count). The van der Waals surface area contributed by atoms with Crippen LogP contribution in [0.1, 0.15) is 17.2 Å². The van der Waals surface area contributed by atoms with Crippen molar-refractivity contribution in [2.45, 2.75) is 10.9 Å². The molecule has 2 aromatic rings. The normalized spacial score (nSPS) is 12.5. The molecule has 0 saturated carbocycles. The van der Waals surface area contributed by atoms with E-state index >= 15 is 0 Å². The maximum absolute atomic E-state index is 14.1. The fraction of sp³-hybridized carbons (Fsp3) is 0.143. The van der Waals surface area contributed by atoms with Crippen LogP contribution in [0.4, 0.5) is 8.78 Å². The molecular weight excluding hydrogens is 332 g/mol. The van der Waals surface area contributed by atoms with Crippen LogP contribution in [0.25, 0.3) is 0 Å². The molecule has 0 aromatic heterocycles. The number of rotatable bonds is 3. The van der Waals surface area contributed by atoms with Crippen molar-refractivity contribution in [3.8, 4) is 0 Å². The highest BCUT2D eigenvalue weighted by molar-refractivity contribution is 9.10. The van der Waals surface area contributed by atoms with Crippen molar-refractivity contribution in [3.05, 3.63) is 63.6 Å². The van der Waals surface area contributed by atoms with Gasteiger partial charge in [-0.3, -0.25) is 0 Å². The monoisotopic (exact) mass is 343 g/mol. The van der Waals surface area contributed by atoms with E-state index in [1.54, 1.807) is 6.07 Å². The molecule has 0 amide bonds. The van der Waals surface area contributed by atoms with Crippen LogP contribution in [0.15, 0.2) is 45.8 Å². The van der Waals surface area contributed by atoms with E-state index in [0.717, 1.165) is 4.90 Å². The van der Waals surface area contributed by atoms with Crippen LogP contribution in [0.3, 0.4) is 0 Å². The zero-order chi connectivity index (χ0) is 14.0. The van der Waals surface area contributed by atoms with Gasteiger partial charge >= 0.3 is 0 Å². The van der Waals surface area contributed by atoms with Crippen molar-refractivity contribution >= 4 is 27.7 Å². The van der Waals surface area contributed by atoms with Gasteiger partial charge in [-0.05, 0) is 45.9 Å². The molecule has 1 atom stereocenters. The number of nitrogens with two attached hydrogens (primary N) is 1. The van der Waals surface area contributed by atoms with Gasteiger partial charge in [0.1, 0.15) is 11.6 Å². The van der Waals surface area contributed by atoms with Crippen LogP contribution in [0, 0.1) is 11.6 Å². The summed E-state index contributed by atoms with van der Waals surface area (Å²) < 4.78 is 28.1. The van der Waals surface area contributed by atoms with Gasteiger partial charge in [-0.1, -0.05) is 18.2 Å². The van der Waals surface area contributed by atoms with E-state index in [0.29, 0.717) is 5.56 Å². The van der Waals surface area contributed by atoms with Gasteiger partial charge < -0.3 is 5.73 Å². The largest absolute Gasteiger partial charge is 0.320 e. The zero-order valence-corrected chi connectivity index (χ0v) is 12.6. The summed E-state index contributed by atoms with van der Waals surface area (Å²) in [7, 11) is 0. The summed E-state index contributed by atoms with van der Waals surface area (Å²) in [5.74, 6) is -1.28. The first kappa shape index (κ1) is 14.5. The van der Waals surface area contributed by atoms with Gasteiger partial charge in [0.15, 0.2) is 0 Å². The van der Waals surface area contributed by atoms with Crippen LogP contribution in [0.5, 0.6) is 0 Å². The molecule has 0 radical (unpaired) electrons. The highest BCUT2D eigenvalue weighted by Crippen LogP contribution is 2.33. The minimum absolute atomic E-state index is 0.115. The molecule has 0 spiro atoms. The quantitative estimate of drug-likeness (QED) is 0.656. The Morgan fingerprint density at radius 1 is 1.16 bits per heavy atom. The van der Waals surface area contributed by atoms with Gasteiger partial charge in [0.05, 0.1) is 10.5 Å². The van der Waals surface area contributed by atoms with E-state index < -0.39 is 17.7 Å². The summed E-state index contributed by atoms with van der Waals surface area (Å²) in [6.45, 7) is 0. The first-order chi connectivity index (χ1) is 9.06. The highest BCUT2D eigenvalue weighted by Gasteiger charge is 2.22. The van der Waals surface area contributed by atoms with Gasteiger partial charge in [-0.2, -0.15) is 0 Å². The van der Waals surface area contributed by atoms with Gasteiger partial charge in [-0.15, -0.1) is 11.8 Å². The van der Waals surface area contributed by atoms with Crippen LogP contribution in [-0.4, -0.2) is 6.26 Å². The van der Waals surface area contributed by atoms with Crippen molar-refractivity contribution in [1.29, 1.82) is 0 Å². The average Bonchev–Trinajstić information content (AvgIpc) is 2.43. The van der Waals surface area contributed by atoms with Crippen molar-refractivity contribution in [2.24, 2.45) is 5.73 Å². The Kier molecular flexibility index (Phi) is 4.60. The summed E-state index contributed by atoms with van der Waals surface area (Å²) in [5, 5.41) is 0. The third kappa shape index (κ3) is 2.83. The van der Waals surface area contributed by atoms with E-state index in [4.69, 9.17) is 5.73 Å². The highest BCUT2D eigenvalue weighted by atomic mass is 79.9. The minimum atomic E-state index is -0.832. The first-order valence-electron chi connectivity index (χ1n) is 5.58. The third-order valence-corrected chi connectivity index (χ3v) is 4.29. The maximum Gasteiger partial charge on any atom is 0.145 e. The van der Waals surface area contributed by atoms with Crippen LogP contribution in [0.2, 0.25) is 0 Å². The molecular formula is C14H12BrF2NS. The second-order valence-corrected chi connectivity index (χ2v) is 5.68. The molecule has 1 nitrogen and oxygen atoms in total. The molecule has 100 valence electrons. The van der Waals surface area contributed by atoms with E-state index in [2.05, 4.69) is 15.9 Å². The molecule has 2 aromatic carbocycles. The number of hydrogen-bond acceptors (Lipinski definition) is 2. The Balaban J connectivity index is 2.56. The van der Waals surface area contributed by atoms with E-state index in [1.807, 2.05) is 24.5 Å². The lowest BCUT2D eigenvalue weighted by molar-refractivity contribution is 0.538. The van der Waals surface area contributed by atoms with Gasteiger partial charge in [0, 0.05) is 10.5 Å². The lowest BCUT2D eigenvalue weighted by atomic mass is 9.98. The van der Waals surface area contributed by atoms with Crippen LogP contribution in [-0.2, 0) is 0 Å². The van der Waals surface area contributed by atoms with E-state index in [1.165, 1.54) is 23.9 Å². The first-order valence-corrected chi connectivity index (χ1v) is 7.60. The lowest BCUT2D eigenvalue weighted by Crippen LogP contribution is -2.16. The number of thioether (sulfide) groups is 1. The number of hydrogen-bond donors (Lipinski definition) is 1. The number of benzene rings is 2. The molecule has 0 aliphatic rings. The third-order valence-electron chi connectivity index (χ3n) is 2.86. The van der Waals surface area contributed by atoms with E-state index in [9.17, 15) is 8.78 Å². The fourth-order valence-corrected chi connectivity index (χ4v) is 2.90. The summed E-state index contributed by atoms with van der Waals surface area (Å²) in [6.07, 6.45) is 1.90. The van der Waals surface area contributed by atoms with Gasteiger partial charge in [0.25, 0.3) is 0 Å². The van der Waals surface area contributed by atoms with Crippen molar-refractivity contribution in [1.82, 2.24) is 0 Å². The molecule has 2 N–H and O–H groups in total. The minimum Gasteiger partial charge on any atom is -0.320 e. The molecule has 1 unspecified atom stereocenters. The van der Waals surface area contributed by atoms with Crippen molar-refractivity contribution in [3.63, 3.8) is 0 Å².